The number of benzene rings is 3. The van der Waals surface area contributed by atoms with Crippen molar-refractivity contribution in [3.05, 3.63) is 86.4 Å². The standard InChI is InChI=1S/C26H15Cl5F5N3O3/c1-39(17-7-6-16(32)21(20(17)33)38-24(42)26(34,35)36)23(41)12-9-11(3-5-13(12)27)37-22(40)19-18(25(19,30)31)10-2-4-14(28)15(29)8-10/h2-9,18-19H,1H3,(H,37,40)(H,38,42)/t18-,19+/m0/s1. The van der Waals surface area contributed by atoms with Crippen LogP contribution in [0.25, 0.3) is 0 Å². The molecule has 3 amide bonds. The molecule has 222 valence electrons. The third-order valence-corrected chi connectivity index (χ3v) is 8.34. The maximum Gasteiger partial charge on any atom is 0.471 e. The summed E-state index contributed by atoms with van der Waals surface area (Å²) in [5, 5.41) is 4.09. The fourth-order valence-electron chi connectivity index (χ4n) is 4.15. The van der Waals surface area contributed by atoms with Crippen LogP contribution in [0.3, 0.4) is 0 Å². The number of anilines is 3. The van der Waals surface area contributed by atoms with Crippen molar-refractivity contribution in [2.45, 2.75) is 16.4 Å². The van der Waals surface area contributed by atoms with E-state index in [1.165, 1.54) is 24.3 Å². The molecule has 0 unspecified atom stereocenters. The van der Waals surface area contributed by atoms with Crippen molar-refractivity contribution in [2.24, 2.45) is 5.92 Å². The number of halogens is 10. The van der Waals surface area contributed by atoms with Gasteiger partial charge in [0.25, 0.3) is 5.91 Å². The number of carbonyl (C=O) groups is 3. The van der Waals surface area contributed by atoms with Gasteiger partial charge in [0.15, 0.2) is 5.82 Å². The lowest BCUT2D eigenvalue weighted by Gasteiger charge is -2.21. The Bertz CT molecular complexity index is 1620. The van der Waals surface area contributed by atoms with E-state index in [9.17, 15) is 31.9 Å². The van der Waals surface area contributed by atoms with Crippen LogP contribution in [-0.2, 0) is 9.59 Å². The molecule has 1 aliphatic rings. The number of nitrogens with zero attached hydrogens (tertiary/aromatic N) is 1. The maximum absolute atomic E-state index is 15.0. The van der Waals surface area contributed by atoms with E-state index in [4.69, 9.17) is 58.0 Å². The predicted molar refractivity (Wildman–Crippen MR) is 151 cm³/mol. The molecule has 0 saturated heterocycles. The second-order valence-corrected chi connectivity index (χ2v) is 11.7. The van der Waals surface area contributed by atoms with E-state index in [1.807, 2.05) is 0 Å². The van der Waals surface area contributed by atoms with E-state index in [0.29, 0.717) is 21.6 Å². The van der Waals surface area contributed by atoms with Crippen LogP contribution in [0.15, 0.2) is 48.5 Å². The molecule has 1 saturated carbocycles. The zero-order chi connectivity index (χ0) is 31.3. The molecule has 0 heterocycles. The molecule has 0 bridgehead atoms. The highest BCUT2D eigenvalue weighted by Crippen LogP contribution is 2.65. The first-order chi connectivity index (χ1) is 19.4. The molecule has 1 aliphatic carbocycles. The lowest BCUT2D eigenvalue weighted by molar-refractivity contribution is -0.167. The summed E-state index contributed by atoms with van der Waals surface area (Å²) in [5.74, 6) is -8.93. The van der Waals surface area contributed by atoms with Crippen molar-refractivity contribution in [2.75, 3.05) is 22.6 Å². The number of carbonyl (C=O) groups excluding carboxylic acids is 3. The first-order valence-electron chi connectivity index (χ1n) is 11.5. The van der Waals surface area contributed by atoms with Gasteiger partial charge >= 0.3 is 12.1 Å². The van der Waals surface area contributed by atoms with E-state index in [2.05, 4.69) is 5.32 Å². The number of hydrogen-bond acceptors (Lipinski definition) is 3. The normalized spacial score (nSPS) is 17.4. The molecule has 16 heteroatoms. The van der Waals surface area contributed by atoms with Gasteiger partial charge in [-0.15, -0.1) is 23.2 Å². The molecular formula is C26H15Cl5F5N3O3. The SMILES string of the molecule is CN(C(=O)c1cc(NC(=O)[C@H]2[C@H](c3ccc(Cl)c(Cl)c3)C2(Cl)Cl)ccc1Cl)c1ccc(F)c(NC(=O)C(F)(F)F)c1F. The summed E-state index contributed by atoms with van der Waals surface area (Å²) in [4.78, 5) is 38.1. The van der Waals surface area contributed by atoms with Crippen molar-refractivity contribution in [1.82, 2.24) is 0 Å². The molecular weight excluding hydrogens is 675 g/mol. The lowest BCUT2D eigenvalue weighted by atomic mass is 10.1. The first kappa shape index (κ1) is 32.1. The Kier molecular flexibility index (Phi) is 8.93. The Hall–Kier alpha value is -2.83. The molecule has 4 rings (SSSR count). The predicted octanol–water partition coefficient (Wildman–Crippen LogP) is 8.23. The minimum Gasteiger partial charge on any atom is -0.326 e. The average molecular weight is 690 g/mol. The zero-order valence-corrected chi connectivity index (χ0v) is 24.5. The Balaban J connectivity index is 1.56. The molecule has 2 atom stereocenters. The van der Waals surface area contributed by atoms with Crippen LogP contribution in [0.2, 0.25) is 15.1 Å². The highest BCUT2D eigenvalue weighted by atomic mass is 35.5. The van der Waals surface area contributed by atoms with Gasteiger partial charge in [-0.25, -0.2) is 8.78 Å². The largest absolute Gasteiger partial charge is 0.471 e. The summed E-state index contributed by atoms with van der Waals surface area (Å²) in [6.45, 7) is 0. The molecule has 0 aliphatic heterocycles. The van der Waals surface area contributed by atoms with Crippen LogP contribution in [0.5, 0.6) is 0 Å². The number of alkyl halides is 5. The van der Waals surface area contributed by atoms with Crippen molar-refractivity contribution in [1.29, 1.82) is 0 Å². The monoisotopic (exact) mass is 687 g/mol. The van der Waals surface area contributed by atoms with Gasteiger partial charge in [0.05, 0.1) is 32.2 Å². The van der Waals surface area contributed by atoms with Gasteiger partial charge in [0.1, 0.15) is 15.8 Å². The Morgan fingerprint density at radius 2 is 1.52 bits per heavy atom. The molecule has 0 aromatic heterocycles. The fourth-order valence-corrected chi connectivity index (χ4v) is 5.48. The molecule has 0 spiro atoms. The van der Waals surface area contributed by atoms with Gasteiger partial charge in [-0.2, -0.15) is 13.2 Å². The van der Waals surface area contributed by atoms with Crippen LogP contribution >= 0.6 is 58.0 Å². The van der Waals surface area contributed by atoms with Gasteiger partial charge < -0.3 is 15.5 Å². The third-order valence-electron chi connectivity index (χ3n) is 6.34. The summed E-state index contributed by atoms with van der Waals surface area (Å²) in [6.07, 6.45) is -5.43. The van der Waals surface area contributed by atoms with Crippen molar-refractivity contribution >= 4 is 92.8 Å². The minimum absolute atomic E-state index is 0.0720. The lowest BCUT2D eigenvalue weighted by Crippen LogP contribution is -2.32. The van der Waals surface area contributed by atoms with Crippen LogP contribution < -0.4 is 15.5 Å². The summed E-state index contributed by atoms with van der Waals surface area (Å²) < 4.78 is 65.5. The highest BCUT2D eigenvalue weighted by molar-refractivity contribution is 6.53. The number of amides is 3. The van der Waals surface area contributed by atoms with Gasteiger partial charge in [-0.05, 0) is 48.0 Å². The number of hydrogen-bond donors (Lipinski definition) is 2. The van der Waals surface area contributed by atoms with Crippen LogP contribution in [-0.4, -0.2) is 35.3 Å². The Morgan fingerprint density at radius 1 is 0.881 bits per heavy atom. The van der Waals surface area contributed by atoms with E-state index >= 15 is 4.39 Å². The fraction of sp³-hybridized carbons (Fsp3) is 0.192. The van der Waals surface area contributed by atoms with E-state index in [-0.39, 0.29) is 21.3 Å². The molecule has 0 radical (unpaired) electrons. The summed E-state index contributed by atoms with van der Waals surface area (Å²) in [6, 6.07) is 9.81. The minimum atomic E-state index is -5.43. The van der Waals surface area contributed by atoms with Gasteiger partial charge in [-0.3, -0.25) is 14.4 Å². The van der Waals surface area contributed by atoms with E-state index in [0.717, 1.165) is 24.5 Å². The van der Waals surface area contributed by atoms with Crippen LogP contribution in [0.4, 0.5) is 39.0 Å². The van der Waals surface area contributed by atoms with Gasteiger partial charge in [-0.1, -0.05) is 40.9 Å². The highest BCUT2D eigenvalue weighted by Gasteiger charge is 2.67. The summed E-state index contributed by atoms with van der Waals surface area (Å²) in [7, 11) is 1.04. The van der Waals surface area contributed by atoms with Gasteiger partial charge in [0, 0.05) is 18.7 Å². The molecule has 6 nitrogen and oxygen atoms in total. The molecule has 3 aromatic rings. The van der Waals surface area contributed by atoms with Gasteiger partial charge in [0.2, 0.25) is 5.91 Å². The quantitative estimate of drug-likeness (QED) is 0.202. The van der Waals surface area contributed by atoms with Crippen molar-refractivity contribution in [3.8, 4) is 0 Å². The molecule has 1 fully saturated rings. The van der Waals surface area contributed by atoms with E-state index in [1.54, 1.807) is 6.07 Å². The summed E-state index contributed by atoms with van der Waals surface area (Å²) in [5.41, 5.74) is -1.71. The molecule has 2 N–H and O–H groups in total. The molecule has 3 aromatic carbocycles. The summed E-state index contributed by atoms with van der Waals surface area (Å²) >= 11 is 30.9. The smallest absolute Gasteiger partial charge is 0.326 e. The first-order valence-corrected chi connectivity index (χ1v) is 13.4. The Morgan fingerprint density at radius 3 is 2.14 bits per heavy atom. The van der Waals surface area contributed by atoms with Crippen LogP contribution in [0.1, 0.15) is 21.8 Å². The van der Waals surface area contributed by atoms with Crippen molar-refractivity contribution in [3.63, 3.8) is 0 Å². The average Bonchev–Trinajstić information content (AvgIpc) is 3.49. The van der Waals surface area contributed by atoms with Crippen LogP contribution in [0, 0.1) is 17.6 Å². The maximum atomic E-state index is 15.0. The van der Waals surface area contributed by atoms with Crippen molar-refractivity contribution < 1.29 is 36.3 Å². The molecule has 42 heavy (non-hydrogen) atoms. The third kappa shape index (κ3) is 6.26. The zero-order valence-electron chi connectivity index (χ0n) is 20.7. The second-order valence-electron chi connectivity index (χ2n) is 9.06. The second kappa shape index (κ2) is 11.7. The van der Waals surface area contributed by atoms with E-state index < -0.39 is 63.1 Å². The Labute approximate surface area is 259 Å². The topological polar surface area (TPSA) is 78.5 Å². The number of nitrogens with one attached hydrogen (secondary N) is 2. The number of rotatable bonds is 6.